The summed E-state index contributed by atoms with van der Waals surface area (Å²) < 4.78 is 0. The van der Waals surface area contributed by atoms with E-state index in [1.54, 1.807) is 12.1 Å². The van der Waals surface area contributed by atoms with Crippen LogP contribution in [-0.2, 0) is 0 Å². The van der Waals surface area contributed by atoms with Crippen molar-refractivity contribution >= 4 is 11.7 Å². The zero-order valence-electron chi connectivity index (χ0n) is 10.4. The molecule has 3 atom stereocenters. The van der Waals surface area contributed by atoms with Crippen molar-refractivity contribution in [3.63, 3.8) is 0 Å². The lowest BCUT2D eigenvalue weighted by atomic mass is 9.89. The Hall–Kier alpha value is -1.51. The van der Waals surface area contributed by atoms with Crippen LogP contribution in [0.25, 0.3) is 0 Å². The zero-order valence-corrected chi connectivity index (χ0v) is 10.4. The third-order valence-corrected chi connectivity index (χ3v) is 4.60. The highest BCUT2D eigenvalue weighted by Crippen LogP contribution is 2.48. The van der Waals surface area contributed by atoms with Crippen molar-refractivity contribution in [3.05, 3.63) is 29.8 Å². The van der Waals surface area contributed by atoms with E-state index in [0.29, 0.717) is 5.56 Å². The number of nitrogens with one attached hydrogen (secondary N) is 1. The largest absolute Gasteiger partial charge is 0.478 e. The minimum atomic E-state index is -0.856. The van der Waals surface area contributed by atoms with E-state index in [4.69, 9.17) is 5.11 Å². The second-order valence-electron chi connectivity index (χ2n) is 5.67. The smallest absolute Gasteiger partial charge is 0.337 e. The minimum Gasteiger partial charge on any atom is -0.478 e. The lowest BCUT2D eigenvalue weighted by Crippen LogP contribution is -2.21. The molecule has 0 radical (unpaired) electrons. The van der Waals surface area contributed by atoms with Gasteiger partial charge in [0.15, 0.2) is 0 Å². The SMILES string of the molecule is O=C(O)c1ccccc1NCC1CC2CCC1C2. The van der Waals surface area contributed by atoms with Crippen LogP contribution < -0.4 is 5.32 Å². The van der Waals surface area contributed by atoms with E-state index in [0.717, 1.165) is 30.0 Å². The molecule has 3 rings (SSSR count). The number of carboxylic acids is 1. The summed E-state index contributed by atoms with van der Waals surface area (Å²) in [7, 11) is 0. The number of aromatic carboxylic acids is 1. The molecule has 96 valence electrons. The molecule has 0 saturated heterocycles. The van der Waals surface area contributed by atoms with E-state index in [9.17, 15) is 4.79 Å². The average Bonchev–Trinajstić information content (AvgIpc) is 2.98. The van der Waals surface area contributed by atoms with Gasteiger partial charge in [-0.3, -0.25) is 0 Å². The monoisotopic (exact) mass is 245 g/mol. The van der Waals surface area contributed by atoms with Gasteiger partial charge in [-0.15, -0.1) is 0 Å². The molecule has 3 heteroatoms. The lowest BCUT2D eigenvalue weighted by molar-refractivity contribution is 0.0698. The van der Waals surface area contributed by atoms with Gasteiger partial charge in [0.05, 0.1) is 5.56 Å². The number of carbonyl (C=O) groups is 1. The second kappa shape index (κ2) is 4.63. The molecule has 2 fully saturated rings. The first kappa shape index (κ1) is 11.6. The maximum Gasteiger partial charge on any atom is 0.337 e. The number of rotatable bonds is 4. The summed E-state index contributed by atoms with van der Waals surface area (Å²) in [5.41, 5.74) is 1.13. The molecule has 18 heavy (non-hydrogen) atoms. The van der Waals surface area contributed by atoms with E-state index in [-0.39, 0.29) is 0 Å². The Labute approximate surface area is 107 Å². The van der Waals surface area contributed by atoms with Crippen LogP contribution in [-0.4, -0.2) is 17.6 Å². The third kappa shape index (κ3) is 2.09. The van der Waals surface area contributed by atoms with Crippen LogP contribution in [0.3, 0.4) is 0 Å². The predicted molar refractivity (Wildman–Crippen MR) is 70.8 cm³/mol. The van der Waals surface area contributed by atoms with Crippen LogP contribution in [0, 0.1) is 17.8 Å². The fourth-order valence-electron chi connectivity index (χ4n) is 3.69. The van der Waals surface area contributed by atoms with Gasteiger partial charge in [0.1, 0.15) is 0 Å². The first-order chi connectivity index (χ1) is 8.74. The number of benzene rings is 1. The van der Waals surface area contributed by atoms with E-state index in [1.165, 1.54) is 25.7 Å². The van der Waals surface area contributed by atoms with Gasteiger partial charge in [0.25, 0.3) is 0 Å². The second-order valence-corrected chi connectivity index (χ2v) is 5.67. The number of hydrogen-bond donors (Lipinski definition) is 2. The zero-order chi connectivity index (χ0) is 12.5. The molecule has 0 aromatic heterocycles. The van der Waals surface area contributed by atoms with Crippen LogP contribution in [0.4, 0.5) is 5.69 Å². The van der Waals surface area contributed by atoms with Gasteiger partial charge in [0, 0.05) is 12.2 Å². The molecular formula is C15H19NO2. The summed E-state index contributed by atoms with van der Waals surface area (Å²) in [5, 5.41) is 12.5. The molecule has 2 aliphatic carbocycles. The van der Waals surface area contributed by atoms with Gasteiger partial charge in [-0.1, -0.05) is 18.6 Å². The van der Waals surface area contributed by atoms with Crippen LogP contribution in [0.1, 0.15) is 36.0 Å². The van der Waals surface area contributed by atoms with E-state index in [2.05, 4.69) is 5.32 Å². The Morgan fingerprint density at radius 3 is 2.78 bits per heavy atom. The summed E-state index contributed by atoms with van der Waals surface area (Å²) in [6.45, 7) is 0.922. The van der Waals surface area contributed by atoms with Gasteiger partial charge < -0.3 is 10.4 Å². The number of fused-ring (bicyclic) bond motifs is 2. The van der Waals surface area contributed by atoms with Gasteiger partial charge in [-0.05, 0) is 49.1 Å². The molecule has 0 spiro atoms. The Balaban J connectivity index is 1.65. The van der Waals surface area contributed by atoms with Crippen molar-refractivity contribution in [2.75, 3.05) is 11.9 Å². The Morgan fingerprint density at radius 2 is 2.11 bits per heavy atom. The fraction of sp³-hybridized carbons (Fsp3) is 0.533. The Bertz CT molecular complexity index is 458. The molecule has 3 unspecified atom stereocenters. The number of hydrogen-bond acceptors (Lipinski definition) is 2. The highest BCUT2D eigenvalue weighted by atomic mass is 16.4. The van der Waals surface area contributed by atoms with Crippen LogP contribution in [0.5, 0.6) is 0 Å². The van der Waals surface area contributed by atoms with E-state index in [1.807, 2.05) is 12.1 Å². The molecule has 0 amide bonds. The lowest BCUT2D eigenvalue weighted by Gasteiger charge is -2.22. The first-order valence-electron chi connectivity index (χ1n) is 6.80. The summed E-state index contributed by atoms with van der Waals surface area (Å²) in [5.74, 6) is 1.70. The molecule has 2 N–H and O–H groups in total. The topological polar surface area (TPSA) is 49.3 Å². The van der Waals surface area contributed by atoms with E-state index >= 15 is 0 Å². The normalized spacial score (nSPS) is 29.4. The first-order valence-corrected chi connectivity index (χ1v) is 6.80. The molecule has 3 nitrogen and oxygen atoms in total. The minimum absolute atomic E-state index is 0.376. The molecule has 1 aromatic carbocycles. The molecule has 2 aliphatic rings. The quantitative estimate of drug-likeness (QED) is 0.856. The third-order valence-electron chi connectivity index (χ3n) is 4.60. The summed E-state index contributed by atoms with van der Waals surface area (Å²) in [6, 6.07) is 7.17. The summed E-state index contributed by atoms with van der Waals surface area (Å²) in [6.07, 6.45) is 5.50. The van der Waals surface area contributed by atoms with Crippen LogP contribution in [0.2, 0.25) is 0 Å². The van der Waals surface area contributed by atoms with Crippen LogP contribution in [0.15, 0.2) is 24.3 Å². The van der Waals surface area contributed by atoms with Crippen molar-refractivity contribution in [3.8, 4) is 0 Å². The summed E-state index contributed by atoms with van der Waals surface area (Å²) >= 11 is 0. The van der Waals surface area contributed by atoms with Gasteiger partial charge in [0.2, 0.25) is 0 Å². The molecule has 1 aromatic rings. The molecule has 2 saturated carbocycles. The predicted octanol–water partition coefficient (Wildman–Crippen LogP) is 3.23. The van der Waals surface area contributed by atoms with Gasteiger partial charge in [-0.2, -0.15) is 0 Å². The maximum absolute atomic E-state index is 11.1. The Morgan fingerprint density at radius 1 is 1.28 bits per heavy atom. The standard InChI is InChI=1S/C15H19NO2/c17-15(18)13-3-1-2-4-14(13)16-9-12-8-10-5-6-11(12)7-10/h1-4,10-12,16H,5-9H2,(H,17,18). The maximum atomic E-state index is 11.1. The highest BCUT2D eigenvalue weighted by molar-refractivity contribution is 5.94. The Kier molecular flexibility index (Phi) is 2.98. The van der Waals surface area contributed by atoms with Crippen LogP contribution >= 0.6 is 0 Å². The molecule has 2 bridgehead atoms. The summed E-state index contributed by atoms with van der Waals surface area (Å²) in [4.78, 5) is 11.1. The molecular weight excluding hydrogens is 226 g/mol. The van der Waals surface area contributed by atoms with E-state index < -0.39 is 5.97 Å². The molecule has 0 heterocycles. The van der Waals surface area contributed by atoms with Crippen molar-refractivity contribution in [1.82, 2.24) is 0 Å². The van der Waals surface area contributed by atoms with Crippen molar-refractivity contribution in [2.45, 2.75) is 25.7 Å². The average molecular weight is 245 g/mol. The van der Waals surface area contributed by atoms with Crippen molar-refractivity contribution < 1.29 is 9.90 Å². The van der Waals surface area contributed by atoms with Crippen molar-refractivity contribution in [1.29, 1.82) is 0 Å². The number of para-hydroxylation sites is 1. The fourth-order valence-corrected chi connectivity index (χ4v) is 3.69. The number of carboxylic acid groups (broad SMARTS) is 1. The molecule has 0 aliphatic heterocycles. The number of anilines is 1. The highest BCUT2D eigenvalue weighted by Gasteiger charge is 2.39. The van der Waals surface area contributed by atoms with Crippen molar-refractivity contribution in [2.24, 2.45) is 17.8 Å². The van der Waals surface area contributed by atoms with Gasteiger partial charge >= 0.3 is 5.97 Å². The van der Waals surface area contributed by atoms with Gasteiger partial charge in [-0.25, -0.2) is 4.79 Å².